The van der Waals surface area contributed by atoms with Crippen molar-refractivity contribution in [2.75, 3.05) is 0 Å². The van der Waals surface area contributed by atoms with E-state index in [0.29, 0.717) is 28.7 Å². The van der Waals surface area contributed by atoms with Crippen molar-refractivity contribution in [3.63, 3.8) is 0 Å². The summed E-state index contributed by atoms with van der Waals surface area (Å²) in [6.07, 6.45) is 0.832. The molecule has 6 nitrogen and oxygen atoms in total. The van der Waals surface area contributed by atoms with Gasteiger partial charge in [0, 0.05) is 46.8 Å². The van der Waals surface area contributed by atoms with Crippen LogP contribution in [0.5, 0.6) is 0 Å². The van der Waals surface area contributed by atoms with Gasteiger partial charge in [0.2, 0.25) is 5.91 Å². The average molecular weight is 443 g/mol. The van der Waals surface area contributed by atoms with Crippen molar-refractivity contribution in [2.45, 2.75) is 39.3 Å². The molecule has 0 spiro atoms. The largest absolute Gasteiger partial charge is 0.480 e. The highest BCUT2D eigenvalue weighted by Gasteiger charge is 2.24. The fourth-order valence-corrected chi connectivity index (χ4v) is 4.01. The number of carboxylic acids is 1. The average Bonchev–Trinajstić information content (AvgIpc) is 2.97. The van der Waals surface area contributed by atoms with Crippen LogP contribution in [0.2, 0.25) is 0 Å². The summed E-state index contributed by atoms with van der Waals surface area (Å²) < 4.78 is 42.8. The number of aliphatic carboxylic acids is 1. The lowest BCUT2D eigenvalue weighted by Crippen LogP contribution is -2.32. The Hall–Kier alpha value is -3.62. The Kier molecular flexibility index (Phi) is 5.73. The minimum absolute atomic E-state index is 0.136. The standard InChI is InChI=1S/C23H20F3N3O3/c1-13-18(19-8-15(24)4-6-21(19)28(13)12-23(31)32)10-17-5-7-22(30)29(27-17)11-14-2-3-16(25)9-20(14)26/h2-4,6,8-9H,5,7,10-12H2,1H3,(H,31,32). The number of hydrogen-bond donors (Lipinski definition) is 1. The first kappa shape index (κ1) is 21.6. The van der Waals surface area contributed by atoms with Crippen LogP contribution in [0.25, 0.3) is 10.9 Å². The molecule has 1 aliphatic heterocycles. The molecule has 1 amide bonds. The van der Waals surface area contributed by atoms with Crippen molar-refractivity contribution in [1.29, 1.82) is 0 Å². The molecular formula is C23H20F3N3O3. The molecule has 32 heavy (non-hydrogen) atoms. The normalized spacial score (nSPS) is 14.2. The van der Waals surface area contributed by atoms with E-state index in [2.05, 4.69) is 5.10 Å². The summed E-state index contributed by atoms with van der Waals surface area (Å²) in [6, 6.07) is 7.32. The van der Waals surface area contributed by atoms with E-state index in [1.165, 1.54) is 18.2 Å². The van der Waals surface area contributed by atoms with E-state index >= 15 is 0 Å². The third kappa shape index (κ3) is 4.23. The summed E-state index contributed by atoms with van der Waals surface area (Å²) in [4.78, 5) is 23.6. The van der Waals surface area contributed by atoms with E-state index in [-0.39, 0.29) is 37.4 Å². The lowest BCUT2D eigenvalue weighted by molar-refractivity contribution is -0.137. The number of hydrazone groups is 1. The van der Waals surface area contributed by atoms with Crippen LogP contribution in [0.15, 0.2) is 41.5 Å². The maximum Gasteiger partial charge on any atom is 0.323 e. The number of nitrogens with zero attached hydrogens (tertiary/aromatic N) is 3. The molecule has 0 aliphatic carbocycles. The summed E-state index contributed by atoms with van der Waals surface area (Å²) >= 11 is 0. The number of carbonyl (C=O) groups excluding carboxylic acids is 1. The molecule has 0 bridgehead atoms. The molecular weight excluding hydrogens is 423 g/mol. The summed E-state index contributed by atoms with van der Waals surface area (Å²) in [7, 11) is 0. The Morgan fingerprint density at radius 1 is 1.09 bits per heavy atom. The topological polar surface area (TPSA) is 74.9 Å². The van der Waals surface area contributed by atoms with Crippen molar-refractivity contribution in [3.8, 4) is 0 Å². The minimum Gasteiger partial charge on any atom is -0.480 e. The molecule has 1 N–H and O–H groups in total. The maximum atomic E-state index is 14.0. The third-order valence-electron chi connectivity index (χ3n) is 5.60. The zero-order valence-electron chi connectivity index (χ0n) is 17.2. The molecule has 0 atom stereocenters. The van der Waals surface area contributed by atoms with Crippen molar-refractivity contribution >= 4 is 28.5 Å². The van der Waals surface area contributed by atoms with Gasteiger partial charge >= 0.3 is 5.97 Å². The molecule has 3 aromatic rings. The molecule has 0 saturated carbocycles. The number of aromatic nitrogens is 1. The zero-order valence-corrected chi connectivity index (χ0v) is 17.2. The van der Waals surface area contributed by atoms with Crippen LogP contribution in [-0.2, 0) is 29.1 Å². The minimum atomic E-state index is -1.02. The molecule has 0 fully saturated rings. The van der Waals surface area contributed by atoms with Gasteiger partial charge < -0.3 is 9.67 Å². The molecule has 1 aliphatic rings. The predicted molar refractivity (Wildman–Crippen MR) is 112 cm³/mol. The highest BCUT2D eigenvalue weighted by molar-refractivity contribution is 5.97. The second-order valence-electron chi connectivity index (χ2n) is 7.74. The number of carboxylic acid groups (broad SMARTS) is 1. The van der Waals surface area contributed by atoms with Crippen molar-refractivity contribution in [1.82, 2.24) is 9.58 Å². The van der Waals surface area contributed by atoms with E-state index in [9.17, 15) is 27.9 Å². The molecule has 9 heteroatoms. The summed E-state index contributed by atoms with van der Waals surface area (Å²) in [5.41, 5.74) is 2.76. The second-order valence-corrected chi connectivity index (χ2v) is 7.74. The van der Waals surface area contributed by atoms with Gasteiger partial charge in [-0.2, -0.15) is 5.10 Å². The smallest absolute Gasteiger partial charge is 0.323 e. The van der Waals surface area contributed by atoms with E-state index in [1.54, 1.807) is 17.6 Å². The molecule has 2 heterocycles. The number of benzene rings is 2. The maximum absolute atomic E-state index is 14.0. The van der Waals surface area contributed by atoms with Crippen molar-refractivity contribution < 1.29 is 27.9 Å². The molecule has 0 radical (unpaired) electrons. The Labute approximate surface area is 181 Å². The van der Waals surface area contributed by atoms with E-state index in [0.717, 1.165) is 22.7 Å². The first-order valence-corrected chi connectivity index (χ1v) is 10.0. The number of rotatable bonds is 6. The highest BCUT2D eigenvalue weighted by Crippen LogP contribution is 2.29. The van der Waals surface area contributed by atoms with Crippen LogP contribution in [0.4, 0.5) is 13.2 Å². The zero-order chi connectivity index (χ0) is 23.0. The molecule has 0 unspecified atom stereocenters. The summed E-state index contributed by atoms with van der Waals surface area (Å²) in [5.74, 6) is -3.22. The van der Waals surface area contributed by atoms with E-state index < -0.39 is 23.4 Å². The first-order chi connectivity index (χ1) is 15.2. The van der Waals surface area contributed by atoms with E-state index in [1.807, 2.05) is 0 Å². The number of hydrogen-bond acceptors (Lipinski definition) is 3. The van der Waals surface area contributed by atoms with Crippen LogP contribution >= 0.6 is 0 Å². The lowest BCUT2D eigenvalue weighted by Gasteiger charge is -2.24. The number of carbonyl (C=O) groups is 2. The monoisotopic (exact) mass is 443 g/mol. The molecule has 0 saturated heterocycles. The van der Waals surface area contributed by atoms with Gasteiger partial charge in [0.25, 0.3) is 0 Å². The molecule has 4 rings (SSSR count). The molecule has 1 aromatic heterocycles. The van der Waals surface area contributed by atoms with Gasteiger partial charge in [0.1, 0.15) is 24.0 Å². The number of fused-ring (bicyclic) bond motifs is 1. The van der Waals surface area contributed by atoms with Crippen molar-refractivity contribution in [2.24, 2.45) is 5.10 Å². The quantitative estimate of drug-likeness (QED) is 0.621. The number of amides is 1. The summed E-state index contributed by atoms with van der Waals surface area (Å²) in [5, 5.41) is 15.4. The fourth-order valence-electron chi connectivity index (χ4n) is 4.01. The van der Waals surface area contributed by atoms with Crippen LogP contribution in [0, 0.1) is 24.4 Å². The van der Waals surface area contributed by atoms with Gasteiger partial charge in [0.05, 0.1) is 6.54 Å². The van der Waals surface area contributed by atoms with Crippen LogP contribution in [-0.4, -0.2) is 32.3 Å². The highest BCUT2D eigenvalue weighted by atomic mass is 19.1. The van der Waals surface area contributed by atoms with Gasteiger partial charge in [-0.25, -0.2) is 18.2 Å². The van der Waals surface area contributed by atoms with E-state index in [4.69, 9.17) is 0 Å². The fraction of sp³-hybridized carbons (Fsp3) is 0.261. The van der Waals surface area contributed by atoms with Crippen LogP contribution < -0.4 is 0 Å². The molecule has 166 valence electrons. The number of halogens is 3. The Morgan fingerprint density at radius 2 is 1.81 bits per heavy atom. The second kappa shape index (κ2) is 8.49. The van der Waals surface area contributed by atoms with Crippen LogP contribution in [0.3, 0.4) is 0 Å². The van der Waals surface area contributed by atoms with Crippen LogP contribution in [0.1, 0.15) is 29.7 Å². The van der Waals surface area contributed by atoms with Gasteiger partial charge in [-0.15, -0.1) is 0 Å². The Bertz CT molecular complexity index is 1270. The van der Waals surface area contributed by atoms with Gasteiger partial charge in [-0.05, 0) is 43.2 Å². The molecule has 2 aromatic carbocycles. The lowest BCUT2D eigenvalue weighted by atomic mass is 10.0. The van der Waals surface area contributed by atoms with Crippen molar-refractivity contribution in [3.05, 3.63) is 70.7 Å². The van der Waals surface area contributed by atoms with Gasteiger partial charge in [0.15, 0.2) is 0 Å². The summed E-state index contributed by atoms with van der Waals surface area (Å²) in [6.45, 7) is 1.36. The van der Waals surface area contributed by atoms with Gasteiger partial charge in [-0.3, -0.25) is 9.59 Å². The van der Waals surface area contributed by atoms with Gasteiger partial charge in [-0.1, -0.05) is 6.07 Å². The predicted octanol–water partition coefficient (Wildman–Crippen LogP) is 4.17. The Balaban J connectivity index is 1.68. The third-order valence-corrected chi connectivity index (χ3v) is 5.60. The Morgan fingerprint density at radius 3 is 2.53 bits per heavy atom. The first-order valence-electron chi connectivity index (χ1n) is 10.0. The SMILES string of the molecule is Cc1c(CC2=NN(Cc3ccc(F)cc3F)C(=O)CC2)c2cc(F)ccc2n1CC(=O)O.